The molecule has 2 aromatic carbocycles. The maximum absolute atomic E-state index is 12.0. The van der Waals surface area contributed by atoms with Gasteiger partial charge in [-0.15, -0.1) is 0 Å². The first-order valence-corrected chi connectivity index (χ1v) is 10.4. The number of carbonyl (C=O) groups excluding carboxylic acids is 1. The van der Waals surface area contributed by atoms with E-state index >= 15 is 0 Å². The molecule has 0 bridgehead atoms. The van der Waals surface area contributed by atoms with Gasteiger partial charge in [0, 0.05) is 38.2 Å². The molecular weight excluding hydrogens is 360 g/mol. The van der Waals surface area contributed by atoms with E-state index in [4.69, 9.17) is 4.99 Å². The second-order valence-electron chi connectivity index (χ2n) is 7.95. The Labute approximate surface area is 174 Å². The molecule has 0 aliphatic heterocycles. The van der Waals surface area contributed by atoms with Crippen molar-refractivity contribution < 1.29 is 4.79 Å². The van der Waals surface area contributed by atoms with Crippen LogP contribution in [-0.4, -0.2) is 44.0 Å². The summed E-state index contributed by atoms with van der Waals surface area (Å²) in [7, 11) is 3.53. The Kier molecular flexibility index (Phi) is 6.91. The summed E-state index contributed by atoms with van der Waals surface area (Å²) in [4.78, 5) is 18.3. The SMILES string of the molecule is CCNC(=NCc1ccc(C(=O)N(C)C)cc1)NCC1(c2ccccc2)CCC1. The average Bonchev–Trinajstić information content (AvgIpc) is 2.71. The molecule has 1 fully saturated rings. The van der Waals surface area contributed by atoms with Crippen LogP contribution in [0.15, 0.2) is 59.6 Å². The number of nitrogens with one attached hydrogen (secondary N) is 2. The topological polar surface area (TPSA) is 56.7 Å². The average molecular weight is 393 g/mol. The monoisotopic (exact) mass is 392 g/mol. The van der Waals surface area contributed by atoms with Crippen molar-refractivity contribution in [1.82, 2.24) is 15.5 Å². The third-order valence-electron chi connectivity index (χ3n) is 5.66. The fraction of sp³-hybridized carbons (Fsp3) is 0.417. The van der Waals surface area contributed by atoms with Gasteiger partial charge in [0.25, 0.3) is 5.91 Å². The number of benzene rings is 2. The van der Waals surface area contributed by atoms with Gasteiger partial charge in [0.05, 0.1) is 6.54 Å². The molecule has 5 nitrogen and oxygen atoms in total. The van der Waals surface area contributed by atoms with Crippen LogP contribution in [-0.2, 0) is 12.0 Å². The highest BCUT2D eigenvalue weighted by Gasteiger charge is 2.38. The van der Waals surface area contributed by atoms with E-state index in [2.05, 4.69) is 47.9 Å². The van der Waals surface area contributed by atoms with Crippen molar-refractivity contribution in [2.75, 3.05) is 27.2 Å². The van der Waals surface area contributed by atoms with Crippen molar-refractivity contribution in [1.29, 1.82) is 0 Å². The number of hydrogen-bond acceptors (Lipinski definition) is 2. The maximum Gasteiger partial charge on any atom is 0.253 e. The Balaban J connectivity index is 1.63. The zero-order valence-corrected chi connectivity index (χ0v) is 17.7. The Morgan fingerprint density at radius 2 is 1.72 bits per heavy atom. The normalized spacial score (nSPS) is 15.3. The highest BCUT2D eigenvalue weighted by atomic mass is 16.2. The summed E-state index contributed by atoms with van der Waals surface area (Å²) in [6.45, 7) is 4.36. The van der Waals surface area contributed by atoms with Crippen LogP contribution in [0, 0.1) is 0 Å². The fourth-order valence-corrected chi connectivity index (χ4v) is 3.74. The zero-order valence-electron chi connectivity index (χ0n) is 17.7. The van der Waals surface area contributed by atoms with E-state index in [0.29, 0.717) is 12.1 Å². The van der Waals surface area contributed by atoms with Crippen molar-refractivity contribution >= 4 is 11.9 Å². The van der Waals surface area contributed by atoms with Gasteiger partial charge in [-0.1, -0.05) is 48.9 Å². The van der Waals surface area contributed by atoms with Gasteiger partial charge in [0.2, 0.25) is 0 Å². The summed E-state index contributed by atoms with van der Waals surface area (Å²) < 4.78 is 0. The van der Waals surface area contributed by atoms with E-state index in [0.717, 1.165) is 24.6 Å². The van der Waals surface area contributed by atoms with Crippen LogP contribution in [0.5, 0.6) is 0 Å². The molecule has 0 radical (unpaired) electrons. The van der Waals surface area contributed by atoms with Crippen molar-refractivity contribution in [3.05, 3.63) is 71.3 Å². The van der Waals surface area contributed by atoms with Gasteiger partial charge in [0.15, 0.2) is 5.96 Å². The molecule has 0 saturated heterocycles. The summed E-state index contributed by atoms with van der Waals surface area (Å²) in [6, 6.07) is 18.5. The minimum Gasteiger partial charge on any atom is -0.357 e. The Morgan fingerprint density at radius 1 is 1.03 bits per heavy atom. The van der Waals surface area contributed by atoms with Crippen LogP contribution in [0.2, 0.25) is 0 Å². The minimum atomic E-state index is 0.0155. The first kappa shape index (κ1) is 20.9. The van der Waals surface area contributed by atoms with E-state index in [1.54, 1.807) is 19.0 Å². The number of rotatable bonds is 7. The molecule has 0 atom stereocenters. The van der Waals surface area contributed by atoms with E-state index in [1.165, 1.54) is 24.8 Å². The number of aliphatic imine (C=N–C) groups is 1. The van der Waals surface area contributed by atoms with E-state index in [9.17, 15) is 4.79 Å². The molecular formula is C24H32N4O. The molecule has 2 N–H and O–H groups in total. The molecule has 0 spiro atoms. The van der Waals surface area contributed by atoms with E-state index in [-0.39, 0.29) is 11.3 Å². The molecule has 1 saturated carbocycles. The Bertz CT molecular complexity index is 824. The Hall–Kier alpha value is -2.82. The zero-order chi connectivity index (χ0) is 20.7. The van der Waals surface area contributed by atoms with Gasteiger partial charge >= 0.3 is 0 Å². The largest absolute Gasteiger partial charge is 0.357 e. The quantitative estimate of drug-likeness (QED) is 0.559. The van der Waals surface area contributed by atoms with Crippen LogP contribution < -0.4 is 10.6 Å². The summed E-state index contributed by atoms with van der Waals surface area (Å²) in [5.74, 6) is 0.852. The molecule has 1 aliphatic carbocycles. The van der Waals surface area contributed by atoms with Crippen LogP contribution >= 0.6 is 0 Å². The molecule has 29 heavy (non-hydrogen) atoms. The van der Waals surface area contributed by atoms with Gasteiger partial charge in [-0.2, -0.15) is 0 Å². The predicted octanol–water partition coefficient (Wildman–Crippen LogP) is 3.57. The van der Waals surface area contributed by atoms with Crippen molar-refractivity contribution in [3.8, 4) is 0 Å². The highest BCUT2D eigenvalue weighted by Crippen LogP contribution is 2.43. The number of guanidine groups is 1. The van der Waals surface area contributed by atoms with Crippen LogP contribution in [0.3, 0.4) is 0 Å². The summed E-state index contributed by atoms with van der Waals surface area (Å²) in [5, 5.41) is 6.90. The number of nitrogens with zero attached hydrogens (tertiary/aromatic N) is 2. The molecule has 5 heteroatoms. The standard InChI is InChI=1S/C24H32N4O/c1-4-25-23(26-17-19-11-13-20(14-12-19)22(29)28(2)3)27-18-24(15-8-16-24)21-9-6-5-7-10-21/h5-7,9-14H,4,8,15-18H2,1-3H3,(H2,25,26,27). The van der Waals surface area contributed by atoms with Gasteiger partial charge in [-0.3, -0.25) is 4.79 Å². The number of amides is 1. The Morgan fingerprint density at radius 3 is 2.28 bits per heavy atom. The predicted molar refractivity (Wildman–Crippen MR) is 119 cm³/mol. The lowest BCUT2D eigenvalue weighted by Crippen LogP contribution is -2.48. The molecule has 0 unspecified atom stereocenters. The van der Waals surface area contributed by atoms with Gasteiger partial charge in [-0.25, -0.2) is 4.99 Å². The van der Waals surface area contributed by atoms with Gasteiger partial charge < -0.3 is 15.5 Å². The number of carbonyl (C=O) groups is 1. The molecule has 3 rings (SSSR count). The second-order valence-corrected chi connectivity index (χ2v) is 7.95. The van der Waals surface area contributed by atoms with E-state index < -0.39 is 0 Å². The van der Waals surface area contributed by atoms with Gasteiger partial charge in [0.1, 0.15) is 0 Å². The summed E-state index contributed by atoms with van der Waals surface area (Å²) in [5.41, 5.74) is 3.41. The summed E-state index contributed by atoms with van der Waals surface area (Å²) in [6.07, 6.45) is 3.71. The second kappa shape index (κ2) is 9.59. The maximum atomic E-state index is 12.0. The molecule has 1 amide bonds. The third-order valence-corrected chi connectivity index (χ3v) is 5.66. The van der Waals surface area contributed by atoms with E-state index in [1.807, 2.05) is 24.3 Å². The fourth-order valence-electron chi connectivity index (χ4n) is 3.74. The lowest BCUT2D eigenvalue weighted by Gasteiger charge is -2.43. The molecule has 1 aliphatic rings. The van der Waals surface area contributed by atoms with Crippen molar-refractivity contribution in [2.45, 2.75) is 38.1 Å². The van der Waals surface area contributed by atoms with Crippen molar-refractivity contribution in [2.24, 2.45) is 4.99 Å². The van der Waals surface area contributed by atoms with Crippen molar-refractivity contribution in [3.63, 3.8) is 0 Å². The number of hydrogen-bond donors (Lipinski definition) is 2. The van der Waals surface area contributed by atoms with Crippen LogP contribution in [0.4, 0.5) is 0 Å². The van der Waals surface area contributed by atoms with Crippen LogP contribution in [0.25, 0.3) is 0 Å². The molecule has 0 aromatic heterocycles. The van der Waals surface area contributed by atoms with Gasteiger partial charge in [-0.05, 0) is 43.0 Å². The first-order chi connectivity index (χ1) is 14.0. The first-order valence-electron chi connectivity index (χ1n) is 10.4. The molecule has 0 heterocycles. The third kappa shape index (κ3) is 5.17. The molecule has 154 valence electrons. The lowest BCUT2D eigenvalue weighted by molar-refractivity contribution is 0.0827. The smallest absolute Gasteiger partial charge is 0.253 e. The van der Waals surface area contributed by atoms with Crippen LogP contribution in [0.1, 0.15) is 47.7 Å². The minimum absolute atomic E-state index is 0.0155. The lowest BCUT2D eigenvalue weighted by atomic mass is 9.64. The molecule has 2 aromatic rings. The summed E-state index contributed by atoms with van der Waals surface area (Å²) >= 11 is 0. The highest BCUT2D eigenvalue weighted by molar-refractivity contribution is 5.93.